The third-order valence-corrected chi connectivity index (χ3v) is 3.39. The lowest BCUT2D eigenvalue weighted by atomic mass is 9.82. The van der Waals surface area contributed by atoms with Gasteiger partial charge >= 0.3 is 29.9 Å². The van der Waals surface area contributed by atoms with E-state index >= 15 is 0 Å². The average molecular weight is 391 g/mol. The van der Waals surface area contributed by atoms with Crippen molar-refractivity contribution in [3.05, 3.63) is 30.1 Å². The number of hydrogen-bond acceptors (Lipinski definition) is 2. The van der Waals surface area contributed by atoms with E-state index in [9.17, 15) is 53.4 Å². The van der Waals surface area contributed by atoms with Crippen LogP contribution in [0, 0.1) is 0 Å². The lowest BCUT2D eigenvalue weighted by molar-refractivity contribution is -0.436. The lowest BCUT2D eigenvalue weighted by Gasteiger charge is -2.42. The summed E-state index contributed by atoms with van der Waals surface area (Å²) in [5.41, 5.74) is -5.40. The molecule has 0 bridgehead atoms. The van der Waals surface area contributed by atoms with Gasteiger partial charge in [0.1, 0.15) is 0 Å². The molecule has 25 heavy (non-hydrogen) atoms. The van der Waals surface area contributed by atoms with Gasteiger partial charge in [0.2, 0.25) is 0 Å². The molecule has 1 aromatic heterocycles. The lowest BCUT2D eigenvalue weighted by Crippen LogP contribution is -2.70. The van der Waals surface area contributed by atoms with Crippen LogP contribution in [0.3, 0.4) is 0 Å². The van der Waals surface area contributed by atoms with Crippen molar-refractivity contribution in [1.29, 1.82) is 0 Å². The zero-order valence-electron chi connectivity index (χ0n) is 11.9. The molecule has 0 aliphatic heterocycles. The maximum atomic E-state index is 13.9. The van der Waals surface area contributed by atoms with E-state index in [1.165, 1.54) is 0 Å². The van der Waals surface area contributed by atoms with Crippen molar-refractivity contribution in [3.63, 3.8) is 0 Å². The van der Waals surface area contributed by atoms with Crippen molar-refractivity contribution in [2.75, 3.05) is 0 Å². The summed E-state index contributed by atoms with van der Waals surface area (Å²) in [4.78, 5) is 3.26. The topological polar surface area (TPSA) is 33.1 Å². The molecule has 1 N–H and O–H groups in total. The monoisotopic (exact) mass is 391 g/mol. The Morgan fingerprint density at radius 3 is 1.40 bits per heavy atom. The number of halogens is 11. The summed E-state index contributed by atoms with van der Waals surface area (Å²) < 4.78 is 143. The first-order valence-electron chi connectivity index (χ1n) is 6.06. The van der Waals surface area contributed by atoms with Gasteiger partial charge in [0.15, 0.2) is 5.60 Å². The van der Waals surface area contributed by atoms with E-state index in [2.05, 4.69) is 4.98 Å². The van der Waals surface area contributed by atoms with Gasteiger partial charge in [0.05, 0.1) is 0 Å². The van der Waals surface area contributed by atoms with E-state index < -0.39 is 41.0 Å². The van der Waals surface area contributed by atoms with E-state index in [1.807, 2.05) is 0 Å². The Hall–Kier alpha value is -1.66. The van der Waals surface area contributed by atoms with Crippen molar-refractivity contribution in [2.24, 2.45) is 0 Å². The molecule has 0 aliphatic carbocycles. The summed E-state index contributed by atoms with van der Waals surface area (Å²) in [7, 11) is 0. The van der Waals surface area contributed by atoms with Crippen LogP contribution in [-0.4, -0.2) is 40.0 Å². The van der Waals surface area contributed by atoms with Gasteiger partial charge in [-0.05, 0) is 24.6 Å². The molecule has 0 radical (unpaired) electrons. The molecule has 1 atom stereocenters. The van der Waals surface area contributed by atoms with Gasteiger partial charge in [-0.3, -0.25) is 4.98 Å². The van der Waals surface area contributed by atoms with Crippen molar-refractivity contribution in [1.82, 2.24) is 4.98 Å². The first kappa shape index (κ1) is 21.4. The number of alkyl halides is 11. The van der Waals surface area contributed by atoms with Gasteiger partial charge in [0.25, 0.3) is 0 Å². The van der Waals surface area contributed by atoms with E-state index in [0.29, 0.717) is 24.5 Å². The highest BCUT2D eigenvalue weighted by Gasteiger charge is 2.89. The second-order valence-corrected chi connectivity index (χ2v) is 5.10. The number of pyridine rings is 1. The molecular formula is C12H8F11NO. The molecule has 0 aliphatic rings. The minimum atomic E-state index is -7.57. The van der Waals surface area contributed by atoms with Crippen molar-refractivity contribution >= 4 is 0 Å². The number of rotatable bonds is 5. The zero-order chi connectivity index (χ0) is 20.1. The molecule has 1 unspecified atom stereocenters. The highest BCUT2D eigenvalue weighted by Crippen LogP contribution is 2.60. The van der Waals surface area contributed by atoms with Gasteiger partial charge < -0.3 is 5.11 Å². The van der Waals surface area contributed by atoms with Crippen LogP contribution in [0.15, 0.2) is 24.5 Å². The fourth-order valence-corrected chi connectivity index (χ4v) is 1.74. The molecular weight excluding hydrogens is 383 g/mol. The van der Waals surface area contributed by atoms with Crippen LogP contribution in [0.25, 0.3) is 0 Å². The Morgan fingerprint density at radius 2 is 1.04 bits per heavy atom. The smallest absolute Gasteiger partial charge is 0.379 e. The SMILES string of the molecule is CC(O)(c1ccncc1)C(F)(F)C(F)(F)C(F)(F)C(F)(F)C(F)(F)F. The van der Waals surface area contributed by atoms with E-state index in [-0.39, 0.29) is 6.92 Å². The highest BCUT2D eigenvalue weighted by molar-refractivity contribution is 5.25. The summed E-state index contributed by atoms with van der Waals surface area (Å²) in [6.07, 6.45) is -5.92. The summed E-state index contributed by atoms with van der Waals surface area (Å²) in [6.45, 7) is -0.141. The molecule has 0 fully saturated rings. The molecule has 0 spiro atoms. The summed E-state index contributed by atoms with van der Waals surface area (Å²) in [6, 6.07) is 0.925. The Labute approximate surface area is 132 Å². The van der Waals surface area contributed by atoms with Crippen molar-refractivity contribution in [3.8, 4) is 0 Å². The minimum Gasteiger partial charge on any atom is -0.379 e. The number of aromatic nitrogens is 1. The third-order valence-electron chi connectivity index (χ3n) is 3.39. The van der Waals surface area contributed by atoms with E-state index in [1.54, 1.807) is 0 Å². The standard InChI is InChI=1S/C12H8F11NO/c1-7(25,6-2-4-24-5-3-6)8(13,14)9(15,16)10(17,18)11(19,20)12(21,22)23/h2-5,25H,1H3. The van der Waals surface area contributed by atoms with Gasteiger partial charge in [-0.2, -0.15) is 48.3 Å². The van der Waals surface area contributed by atoms with Gasteiger partial charge in [0, 0.05) is 12.4 Å². The summed E-state index contributed by atoms with van der Waals surface area (Å²) >= 11 is 0. The Balaban J connectivity index is 3.54. The normalized spacial score (nSPS) is 17.3. The summed E-state index contributed by atoms with van der Waals surface area (Å²) in [5.74, 6) is -28.8. The molecule has 0 aromatic carbocycles. The van der Waals surface area contributed by atoms with Crippen molar-refractivity contribution in [2.45, 2.75) is 42.4 Å². The maximum absolute atomic E-state index is 13.9. The molecule has 13 heteroatoms. The van der Waals surface area contributed by atoms with Crippen LogP contribution < -0.4 is 0 Å². The predicted molar refractivity (Wildman–Crippen MR) is 59.7 cm³/mol. The van der Waals surface area contributed by atoms with Crippen LogP contribution >= 0.6 is 0 Å². The number of hydrogen-bond donors (Lipinski definition) is 1. The molecule has 1 heterocycles. The first-order valence-corrected chi connectivity index (χ1v) is 6.06. The molecule has 0 saturated carbocycles. The second-order valence-electron chi connectivity index (χ2n) is 5.10. The Bertz CT molecular complexity index is 609. The van der Waals surface area contributed by atoms with Crippen LogP contribution in [0.2, 0.25) is 0 Å². The first-order chi connectivity index (χ1) is 10.9. The molecule has 2 nitrogen and oxygen atoms in total. The number of aliphatic hydroxyl groups is 1. The fraction of sp³-hybridized carbons (Fsp3) is 0.583. The Kier molecular flexibility index (Phi) is 4.85. The van der Waals surface area contributed by atoms with Crippen LogP contribution in [0.4, 0.5) is 48.3 Å². The molecule has 0 amide bonds. The van der Waals surface area contributed by atoms with Gasteiger partial charge in [-0.25, -0.2) is 0 Å². The highest BCUT2D eigenvalue weighted by atomic mass is 19.4. The molecule has 1 aromatic rings. The van der Waals surface area contributed by atoms with Crippen LogP contribution in [0.5, 0.6) is 0 Å². The quantitative estimate of drug-likeness (QED) is 0.756. The van der Waals surface area contributed by atoms with E-state index in [0.717, 1.165) is 0 Å². The third kappa shape index (κ3) is 2.81. The molecule has 144 valence electrons. The van der Waals surface area contributed by atoms with Gasteiger partial charge in [-0.1, -0.05) is 0 Å². The predicted octanol–water partition coefficient (Wildman–Crippen LogP) is 4.39. The fourth-order valence-electron chi connectivity index (χ4n) is 1.74. The van der Waals surface area contributed by atoms with Crippen LogP contribution in [-0.2, 0) is 5.60 Å². The number of nitrogens with zero attached hydrogens (tertiary/aromatic N) is 1. The van der Waals surface area contributed by atoms with Crippen molar-refractivity contribution < 1.29 is 53.4 Å². The Morgan fingerprint density at radius 1 is 0.680 bits per heavy atom. The molecule has 0 saturated heterocycles. The largest absolute Gasteiger partial charge is 0.460 e. The average Bonchev–Trinajstić information content (AvgIpc) is 2.46. The maximum Gasteiger partial charge on any atom is 0.460 e. The second kappa shape index (κ2) is 5.68. The van der Waals surface area contributed by atoms with Gasteiger partial charge in [-0.15, -0.1) is 0 Å². The minimum absolute atomic E-state index is 0.141. The van der Waals surface area contributed by atoms with Crippen LogP contribution in [0.1, 0.15) is 12.5 Å². The summed E-state index contributed by atoms with van der Waals surface area (Å²) in [5, 5.41) is 9.56. The van der Waals surface area contributed by atoms with E-state index in [4.69, 9.17) is 0 Å². The zero-order valence-corrected chi connectivity index (χ0v) is 11.9. The molecule has 1 rings (SSSR count).